The van der Waals surface area contributed by atoms with Gasteiger partial charge in [-0.2, -0.15) is 0 Å². The van der Waals surface area contributed by atoms with Gasteiger partial charge in [-0.25, -0.2) is 15.0 Å². The smallest absolute Gasteiger partial charge is 0.258 e. The van der Waals surface area contributed by atoms with E-state index in [1.807, 2.05) is 13.0 Å². The second-order valence-corrected chi connectivity index (χ2v) is 9.27. The molecule has 0 fully saturated rings. The number of carbonyl (C=O) groups excluding carboxylic acids is 1. The van der Waals surface area contributed by atoms with Gasteiger partial charge in [0, 0.05) is 17.3 Å². The highest BCUT2D eigenvalue weighted by molar-refractivity contribution is 8.00. The van der Waals surface area contributed by atoms with E-state index in [-0.39, 0.29) is 23.8 Å². The molecule has 0 aliphatic heterocycles. The van der Waals surface area contributed by atoms with Crippen molar-refractivity contribution >= 4 is 50.1 Å². The Labute approximate surface area is 181 Å². The molecule has 154 valence electrons. The fourth-order valence-corrected chi connectivity index (χ4v) is 5.39. The first-order valence-electron chi connectivity index (χ1n) is 9.42. The number of rotatable bonds is 5. The Bertz CT molecular complexity index is 1330. The number of aromatic nitrogens is 4. The Hall–Kier alpha value is -2.78. The van der Waals surface area contributed by atoms with E-state index < -0.39 is 0 Å². The van der Waals surface area contributed by atoms with Crippen molar-refractivity contribution in [2.24, 2.45) is 0 Å². The van der Waals surface area contributed by atoms with Gasteiger partial charge in [0.2, 0.25) is 5.91 Å². The van der Waals surface area contributed by atoms with E-state index in [9.17, 15) is 9.59 Å². The van der Waals surface area contributed by atoms with Crippen LogP contribution in [-0.2, 0) is 11.3 Å². The molecule has 0 unspecified atom stereocenters. The number of carbonyl (C=O) groups is 1. The Balaban J connectivity index is 1.50. The molecule has 0 aliphatic carbocycles. The number of hydrogen-bond acceptors (Lipinski definition) is 7. The Kier molecular flexibility index (Phi) is 5.57. The van der Waals surface area contributed by atoms with E-state index in [4.69, 9.17) is 0 Å². The lowest BCUT2D eigenvalue weighted by Gasteiger charge is -2.16. The maximum absolute atomic E-state index is 12.7. The first-order chi connectivity index (χ1) is 14.3. The Morgan fingerprint density at radius 3 is 2.73 bits per heavy atom. The zero-order chi connectivity index (χ0) is 21.4. The molecule has 0 aliphatic rings. The van der Waals surface area contributed by atoms with Gasteiger partial charge in [-0.1, -0.05) is 23.9 Å². The largest absolute Gasteiger partial charge is 0.338 e. The summed E-state index contributed by atoms with van der Waals surface area (Å²) in [6.45, 7) is 6.23. The molecule has 0 saturated carbocycles. The van der Waals surface area contributed by atoms with Crippen LogP contribution in [0.25, 0.3) is 21.1 Å². The third-order valence-electron chi connectivity index (χ3n) is 4.91. The van der Waals surface area contributed by atoms with Crippen LogP contribution >= 0.6 is 23.1 Å². The number of nitrogens with zero attached hydrogens (tertiary/aromatic N) is 4. The maximum Gasteiger partial charge on any atom is 0.258 e. The monoisotopic (exact) mass is 439 g/mol. The molecule has 3 aromatic heterocycles. The molecule has 4 aromatic rings. The molecule has 4 rings (SSSR count). The van der Waals surface area contributed by atoms with Crippen LogP contribution in [0.4, 0.5) is 0 Å². The molecule has 7 nitrogen and oxygen atoms in total. The van der Waals surface area contributed by atoms with Gasteiger partial charge in [-0.05, 0) is 38.5 Å². The highest BCUT2D eigenvalue weighted by atomic mass is 32.2. The number of para-hydroxylation sites is 1. The predicted molar refractivity (Wildman–Crippen MR) is 121 cm³/mol. The normalized spacial score (nSPS) is 11.3. The zero-order valence-electron chi connectivity index (χ0n) is 17.1. The first-order valence-corrected chi connectivity index (χ1v) is 11.2. The molecule has 0 atom stereocenters. The third kappa shape index (κ3) is 3.95. The molecule has 0 spiro atoms. The second kappa shape index (κ2) is 8.16. The summed E-state index contributed by atoms with van der Waals surface area (Å²) in [6, 6.07) is 7.16. The average Bonchev–Trinajstić information content (AvgIpc) is 2.99. The molecule has 0 radical (unpaired) electrons. The number of nitrogens with one attached hydrogen (secondary N) is 1. The highest BCUT2D eigenvalue weighted by Crippen LogP contribution is 2.35. The van der Waals surface area contributed by atoms with E-state index in [0.717, 1.165) is 20.8 Å². The molecule has 0 saturated heterocycles. The molecule has 30 heavy (non-hydrogen) atoms. The Morgan fingerprint density at radius 1 is 1.17 bits per heavy atom. The summed E-state index contributed by atoms with van der Waals surface area (Å²) in [5, 5.41) is 2.40. The van der Waals surface area contributed by atoms with Gasteiger partial charge in [-0.15, -0.1) is 11.3 Å². The van der Waals surface area contributed by atoms with Crippen LogP contribution in [0.5, 0.6) is 0 Å². The van der Waals surface area contributed by atoms with Gasteiger partial charge in [0.1, 0.15) is 21.5 Å². The van der Waals surface area contributed by atoms with Crippen LogP contribution in [0, 0.1) is 20.8 Å². The van der Waals surface area contributed by atoms with E-state index in [1.54, 1.807) is 41.5 Å². The number of aryl methyl sites for hydroxylation is 3. The van der Waals surface area contributed by atoms with E-state index >= 15 is 0 Å². The van der Waals surface area contributed by atoms with Crippen molar-refractivity contribution in [3.05, 3.63) is 56.7 Å². The first kappa shape index (κ1) is 20.5. The summed E-state index contributed by atoms with van der Waals surface area (Å²) >= 11 is 3.07. The fraction of sp³-hybridized carbons (Fsp3) is 0.286. The Morgan fingerprint density at radius 2 is 1.93 bits per heavy atom. The van der Waals surface area contributed by atoms with Crippen LogP contribution in [-0.4, -0.2) is 43.5 Å². The topological polar surface area (TPSA) is 91.8 Å². The minimum Gasteiger partial charge on any atom is -0.338 e. The van der Waals surface area contributed by atoms with Gasteiger partial charge < -0.3 is 9.88 Å². The van der Waals surface area contributed by atoms with Gasteiger partial charge in [0.05, 0.1) is 23.2 Å². The van der Waals surface area contributed by atoms with Gasteiger partial charge >= 0.3 is 0 Å². The number of thioether (sulfide) groups is 1. The molecule has 9 heteroatoms. The molecule has 0 bridgehead atoms. The van der Waals surface area contributed by atoms with E-state index in [0.29, 0.717) is 22.6 Å². The number of hydrogen-bond donors (Lipinski definition) is 1. The number of fused-ring (bicyclic) bond motifs is 2. The summed E-state index contributed by atoms with van der Waals surface area (Å²) in [5.41, 5.74) is 1.58. The molecule has 1 aromatic carbocycles. The summed E-state index contributed by atoms with van der Waals surface area (Å²) in [7, 11) is 1.71. The summed E-state index contributed by atoms with van der Waals surface area (Å²) in [4.78, 5) is 45.0. The number of benzene rings is 1. The minimum absolute atomic E-state index is 0.0650. The van der Waals surface area contributed by atoms with Crippen molar-refractivity contribution < 1.29 is 4.79 Å². The predicted octanol–water partition coefficient (Wildman–Crippen LogP) is 3.60. The molecule has 3 heterocycles. The zero-order valence-corrected chi connectivity index (χ0v) is 18.8. The van der Waals surface area contributed by atoms with Crippen LogP contribution in [0.15, 0.2) is 34.1 Å². The van der Waals surface area contributed by atoms with Crippen LogP contribution in [0.2, 0.25) is 0 Å². The van der Waals surface area contributed by atoms with Gasteiger partial charge in [0.15, 0.2) is 0 Å². The maximum atomic E-state index is 12.7. The molecular weight excluding hydrogens is 418 g/mol. The number of aromatic amines is 1. The van der Waals surface area contributed by atoms with Crippen LogP contribution in [0.3, 0.4) is 0 Å². The number of amides is 1. The van der Waals surface area contributed by atoms with E-state index in [2.05, 4.69) is 33.8 Å². The van der Waals surface area contributed by atoms with Crippen molar-refractivity contribution in [1.82, 2.24) is 24.8 Å². The summed E-state index contributed by atoms with van der Waals surface area (Å²) < 4.78 is 0. The van der Waals surface area contributed by atoms with Gasteiger partial charge in [0.25, 0.3) is 5.56 Å². The van der Waals surface area contributed by atoms with Crippen LogP contribution in [0.1, 0.15) is 22.1 Å². The molecule has 1 amide bonds. The van der Waals surface area contributed by atoms with Crippen molar-refractivity contribution in [3.8, 4) is 0 Å². The average molecular weight is 440 g/mol. The third-order valence-corrected chi connectivity index (χ3v) is 6.98. The fourth-order valence-electron chi connectivity index (χ4n) is 3.18. The lowest BCUT2D eigenvalue weighted by atomic mass is 10.2. The highest BCUT2D eigenvalue weighted by Gasteiger charge is 2.17. The number of thiophene rings is 1. The summed E-state index contributed by atoms with van der Waals surface area (Å²) in [6.07, 6.45) is 0. The van der Waals surface area contributed by atoms with Crippen molar-refractivity contribution in [1.29, 1.82) is 0 Å². The minimum atomic E-state index is -0.201. The standard InChI is InChI=1S/C21H21N5O2S2/c1-11-12(2)30-21-18(11)20(22-13(3)23-21)29-10-17(27)26(4)9-16-24-15-8-6-5-7-14(15)19(28)25-16/h5-8H,9-10H2,1-4H3,(H,24,25,28). The van der Waals surface area contributed by atoms with Crippen LogP contribution < -0.4 is 5.56 Å². The van der Waals surface area contributed by atoms with Crippen molar-refractivity contribution in [3.63, 3.8) is 0 Å². The van der Waals surface area contributed by atoms with Crippen molar-refractivity contribution in [2.45, 2.75) is 32.3 Å². The number of H-pyrrole nitrogens is 1. The quantitative estimate of drug-likeness (QED) is 0.377. The van der Waals surface area contributed by atoms with Gasteiger partial charge in [-0.3, -0.25) is 9.59 Å². The lowest BCUT2D eigenvalue weighted by Crippen LogP contribution is -2.29. The summed E-state index contributed by atoms with van der Waals surface area (Å²) in [5.74, 6) is 1.34. The lowest BCUT2D eigenvalue weighted by molar-refractivity contribution is -0.127. The molecule has 1 N–H and O–H groups in total. The SMILES string of the molecule is Cc1nc(SCC(=O)N(C)Cc2nc3ccccc3c(=O)[nH]2)c2c(C)c(C)sc2n1. The van der Waals surface area contributed by atoms with E-state index in [1.165, 1.54) is 16.6 Å². The van der Waals surface area contributed by atoms with Crippen molar-refractivity contribution in [2.75, 3.05) is 12.8 Å². The second-order valence-electron chi connectivity index (χ2n) is 7.11. The molecular formula is C21H21N5O2S2.